The molecular formula is C12H19BrN2O2. The Morgan fingerprint density at radius 1 is 1.06 bits per heavy atom. The molecule has 96 valence electrons. The molecule has 2 heterocycles. The van der Waals surface area contributed by atoms with Gasteiger partial charge in [-0.05, 0) is 32.1 Å². The van der Waals surface area contributed by atoms with Gasteiger partial charge in [0.05, 0.1) is 5.33 Å². The summed E-state index contributed by atoms with van der Waals surface area (Å²) in [5, 5.41) is 0.316. The second-order valence-corrected chi connectivity index (χ2v) is 5.33. The average Bonchev–Trinajstić information content (AvgIpc) is 2.87. The van der Waals surface area contributed by atoms with E-state index in [9.17, 15) is 9.59 Å². The average molecular weight is 303 g/mol. The van der Waals surface area contributed by atoms with E-state index in [1.165, 1.54) is 6.42 Å². The quantitative estimate of drug-likeness (QED) is 0.723. The Labute approximate surface area is 110 Å². The normalized spacial score (nSPS) is 25.1. The van der Waals surface area contributed by atoms with E-state index in [0.29, 0.717) is 5.33 Å². The summed E-state index contributed by atoms with van der Waals surface area (Å²) in [6, 6.07) is -0.196. The highest BCUT2D eigenvalue weighted by Crippen LogP contribution is 2.21. The van der Waals surface area contributed by atoms with Gasteiger partial charge in [0.25, 0.3) is 0 Å². The lowest BCUT2D eigenvalue weighted by atomic mass is 10.1. The van der Waals surface area contributed by atoms with Crippen LogP contribution in [0, 0.1) is 0 Å². The first kappa shape index (κ1) is 12.9. The van der Waals surface area contributed by atoms with Crippen molar-refractivity contribution in [2.45, 2.75) is 38.1 Å². The van der Waals surface area contributed by atoms with Crippen LogP contribution >= 0.6 is 15.9 Å². The molecule has 4 nitrogen and oxygen atoms in total. The van der Waals surface area contributed by atoms with Gasteiger partial charge in [0, 0.05) is 19.6 Å². The first-order chi connectivity index (χ1) is 8.24. The molecule has 0 aromatic heterocycles. The van der Waals surface area contributed by atoms with Gasteiger partial charge in [-0.3, -0.25) is 9.59 Å². The molecule has 0 aromatic rings. The SMILES string of the molecule is O=C([C@@H]1CCCN1C(=O)CBr)N1CCCCC1. The number of alkyl halides is 1. The first-order valence-corrected chi connectivity index (χ1v) is 7.50. The molecule has 5 heteroatoms. The molecule has 1 atom stereocenters. The summed E-state index contributed by atoms with van der Waals surface area (Å²) in [5.74, 6) is 0.203. The number of rotatable bonds is 2. The fourth-order valence-corrected chi connectivity index (χ4v) is 3.05. The molecule has 2 saturated heterocycles. The van der Waals surface area contributed by atoms with Gasteiger partial charge in [-0.15, -0.1) is 0 Å². The van der Waals surface area contributed by atoms with Gasteiger partial charge in [0.15, 0.2) is 0 Å². The number of nitrogens with zero attached hydrogens (tertiary/aromatic N) is 2. The van der Waals surface area contributed by atoms with E-state index >= 15 is 0 Å². The number of hydrogen-bond donors (Lipinski definition) is 0. The number of hydrogen-bond acceptors (Lipinski definition) is 2. The number of likely N-dealkylation sites (tertiary alicyclic amines) is 2. The number of piperidine rings is 1. The monoisotopic (exact) mass is 302 g/mol. The van der Waals surface area contributed by atoms with E-state index in [4.69, 9.17) is 0 Å². The zero-order chi connectivity index (χ0) is 12.3. The van der Waals surface area contributed by atoms with Crippen LogP contribution in [0.2, 0.25) is 0 Å². The van der Waals surface area contributed by atoms with Crippen molar-refractivity contribution < 1.29 is 9.59 Å². The van der Waals surface area contributed by atoms with Gasteiger partial charge in [-0.2, -0.15) is 0 Å². The summed E-state index contributed by atoms with van der Waals surface area (Å²) in [6.07, 6.45) is 5.20. The lowest BCUT2D eigenvalue weighted by molar-refractivity contribution is -0.143. The number of amides is 2. The molecule has 0 bridgehead atoms. The molecule has 0 saturated carbocycles. The van der Waals surface area contributed by atoms with Crippen LogP contribution in [0.4, 0.5) is 0 Å². The fraction of sp³-hybridized carbons (Fsp3) is 0.833. The van der Waals surface area contributed by atoms with Crippen molar-refractivity contribution >= 4 is 27.7 Å². The number of carbonyl (C=O) groups is 2. The summed E-state index contributed by atoms with van der Waals surface area (Å²) in [5.41, 5.74) is 0. The molecule has 2 amide bonds. The van der Waals surface area contributed by atoms with Crippen LogP contribution in [0.25, 0.3) is 0 Å². The van der Waals surface area contributed by atoms with Crippen molar-refractivity contribution in [1.82, 2.24) is 9.80 Å². The molecule has 17 heavy (non-hydrogen) atoms. The van der Waals surface area contributed by atoms with Crippen LogP contribution in [-0.2, 0) is 9.59 Å². The van der Waals surface area contributed by atoms with E-state index in [0.717, 1.165) is 45.3 Å². The largest absolute Gasteiger partial charge is 0.341 e. The van der Waals surface area contributed by atoms with Crippen molar-refractivity contribution in [2.24, 2.45) is 0 Å². The lowest BCUT2D eigenvalue weighted by Crippen LogP contribution is -2.49. The predicted molar refractivity (Wildman–Crippen MR) is 69.0 cm³/mol. The van der Waals surface area contributed by atoms with Crippen LogP contribution in [0.1, 0.15) is 32.1 Å². The van der Waals surface area contributed by atoms with Crippen molar-refractivity contribution in [3.63, 3.8) is 0 Å². The summed E-state index contributed by atoms with van der Waals surface area (Å²) in [6.45, 7) is 2.46. The summed E-state index contributed by atoms with van der Waals surface area (Å²) in [4.78, 5) is 27.7. The Kier molecular flexibility index (Phi) is 4.42. The Bertz CT molecular complexity index is 303. The Hall–Kier alpha value is -0.580. The van der Waals surface area contributed by atoms with Crippen molar-refractivity contribution in [1.29, 1.82) is 0 Å². The van der Waals surface area contributed by atoms with E-state index in [1.54, 1.807) is 4.90 Å². The van der Waals surface area contributed by atoms with Gasteiger partial charge in [-0.1, -0.05) is 15.9 Å². The van der Waals surface area contributed by atoms with Crippen LogP contribution in [0.15, 0.2) is 0 Å². The molecule has 0 unspecified atom stereocenters. The third kappa shape index (κ3) is 2.81. The minimum Gasteiger partial charge on any atom is -0.341 e. The molecule has 2 fully saturated rings. The summed E-state index contributed by atoms with van der Waals surface area (Å²) >= 11 is 3.18. The predicted octanol–water partition coefficient (Wildman–Crippen LogP) is 1.38. The summed E-state index contributed by atoms with van der Waals surface area (Å²) in [7, 11) is 0. The molecule has 0 radical (unpaired) electrons. The maximum absolute atomic E-state index is 12.3. The fourth-order valence-electron chi connectivity index (χ4n) is 2.72. The molecule has 2 aliphatic rings. The van der Waals surface area contributed by atoms with Gasteiger partial charge >= 0.3 is 0 Å². The zero-order valence-electron chi connectivity index (χ0n) is 10.0. The number of carbonyl (C=O) groups excluding carboxylic acids is 2. The third-order valence-electron chi connectivity index (χ3n) is 3.64. The topological polar surface area (TPSA) is 40.6 Å². The second kappa shape index (κ2) is 5.85. The van der Waals surface area contributed by atoms with Crippen molar-refractivity contribution in [2.75, 3.05) is 25.0 Å². The Morgan fingerprint density at radius 2 is 1.76 bits per heavy atom. The molecule has 0 spiro atoms. The van der Waals surface area contributed by atoms with E-state index in [2.05, 4.69) is 15.9 Å². The second-order valence-electron chi connectivity index (χ2n) is 4.76. The smallest absolute Gasteiger partial charge is 0.245 e. The van der Waals surface area contributed by atoms with Crippen molar-refractivity contribution in [3.8, 4) is 0 Å². The van der Waals surface area contributed by atoms with Gasteiger partial charge in [-0.25, -0.2) is 0 Å². The molecule has 0 aliphatic carbocycles. The van der Waals surface area contributed by atoms with E-state index in [1.807, 2.05) is 4.90 Å². The summed E-state index contributed by atoms with van der Waals surface area (Å²) < 4.78 is 0. The van der Waals surface area contributed by atoms with Gasteiger partial charge < -0.3 is 9.80 Å². The maximum atomic E-state index is 12.3. The Balaban J connectivity index is 1.99. The highest BCUT2D eigenvalue weighted by Gasteiger charge is 2.36. The van der Waals surface area contributed by atoms with Crippen LogP contribution in [0.3, 0.4) is 0 Å². The standard InChI is InChI=1S/C12H19BrN2O2/c13-9-11(16)15-8-4-5-10(15)12(17)14-6-2-1-3-7-14/h10H,1-9H2/t10-/m0/s1. The minimum absolute atomic E-state index is 0.0397. The third-order valence-corrected chi connectivity index (χ3v) is 4.12. The first-order valence-electron chi connectivity index (χ1n) is 6.38. The highest BCUT2D eigenvalue weighted by molar-refractivity contribution is 9.09. The molecule has 0 N–H and O–H groups in total. The van der Waals surface area contributed by atoms with Crippen LogP contribution in [-0.4, -0.2) is 52.6 Å². The van der Waals surface area contributed by atoms with Crippen LogP contribution in [0.5, 0.6) is 0 Å². The highest BCUT2D eigenvalue weighted by atomic mass is 79.9. The van der Waals surface area contributed by atoms with Crippen LogP contribution < -0.4 is 0 Å². The van der Waals surface area contributed by atoms with E-state index in [-0.39, 0.29) is 17.9 Å². The number of halogens is 1. The minimum atomic E-state index is -0.196. The van der Waals surface area contributed by atoms with Crippen molar-refractivity contribution in [3.05, 3.63) is 0 Å². The zero-order valence-corrected chi connectivity index (χ0v) is 11.6. The molecular weight excluding hydrogens is 284 g/mol. The lowest BCUT2D eigenvalue weighted by Gasteiger charge is -2.32. The molecule has 0 aromatic carbocycles. The maximum Gasteiger partial charge on any atom is 0.245 e. The Morgan fingerprint density at radius 3 is 2.41 bits per heavy atom. The molecule has 2 aliphatic heterocycles. The molecule has 2 rings (SSSR count). The van der Waals surface area contributed by atoms with Gasteiger partial charge in [0.1, 0.15) is 6.04 Å². The van der Waals surface area contributed by atoms with E-state index < -0.39 is 0 Å². The van der Waals surface area contributed by atoms with Gasteiger partial charge in [0.2, 0.25) is 11.8 Å².